The number of rotatable bonds is 4. The van der Waals surface area contributed by atoms with Crippen LogP contribution in [0.15, 0.2) is 12.4 Å². The summed E-state index contributed by atoms with van der Waals surface area (Å²) in [5, 5.41) is 21.2. The number of aryl methyl sites for hydroxylation is 1. The Kier molecular flexibility index (Phi) is 4.94. The van der Waals surface area contributed by atoms with Crippen molar-refractivity contribution in [1.29, 1.82) is 10.5 Å². The first-order chi connectivity index (χ1) is 10.2. The van der Waals surface area contributed by atoms with Gasteiger partial charge in [0.15, 0.2) is 5.82 Å². The molecule has 1 aliphatic rings. The Morgan fingerprint density at radius 3 is 2.86 bits per heavy atom. The van der Waals surface area contributed by atoms with Gasteiger partial charge in [-0.05, 0) is 19.8 Å². The van der Waals surface area contributed by atoms with Crippen molar-refractivity contribution in [2.24, 2.45) is 11.8 Å². The maximum Gasteiger partial charge on any atom is 0.287 e. The maximum atomic E-state index is 12.3. The van der Waals surface area contributed by atoms with Crippen LogP contribution in [0.4, 0.5) is 0 Å². The van der Waals surface area contributed by atoms with E-state index < -0.39 is 5.92 Å². The van der Waals surface area contributed by atoms with Gasteiger partial charge in [0.25, 0.3) is 5.91 Å². The highest BCUT2D eigenvalue weighted by Crippen LogP contribution is 2.30. The molecule has 110 valence electrons. The molecule has 1 N–H and O–H groups in total. The third-order valence-corrected chi connectivity index (χ3v) is 4.10. The third-order valence-electron chi connectivity index (χ3n) is 4.10. The number of nitriles is 2. The molecule has 0 aromatic carbocycles. The molecule has 1 saturated carbocycles. The quantitative estimate of drug-likeness (QED) is 0.913. The monoisotopic (exact) mass is 285 g/mol. The lowest BCUT2D eigenvalue weighted by Gasteiger charge is -2.32. The number of nitrogens with one attached hydrogen (secondary N) is 1. The van der Waals surface area contributed by atoms with E-state index in [1.54, 1.807) is 17.0 Å². The SMILES string of the molecule is CCn1ccnc1C(=O)NC1CCCC[C@H]1C(C#N)C#N. The van der Waals surface area contributed by atoms with Crippen LogP contribution in [0.2, 0.25) is 0 Å². The maximum absolute atomic E-state index is 12.3. The fourth-order valence-electron chi connectivity index (χ4n) is 2.96. The Hall–Kier alpha value is -2.34. The van der Waals surface area contributed by atoms with E-state index in [2.05, 4.69) is 10.3 Å². The standard InChI is InChI=1S/C15H19N5O/c1-2-20-8-7-18-14(20)15(21)19-13-6-4-3-5-12(13)11(9-16)10-17/h7-8,11-13H,2-6H2,1H3,(H,19,21)/t12-,13?/m0/s1. The Morgan fingerprint density at radius 2 is 2.19 bits per heavy atom. The summed E-state index contributed by atoms with van der Waals surface area (Å²) in [6.45, 7) is 2.62. The molecular formula is C15H19N5O. The largest absolute Gasteiger partial charge is 0.346 e. The second-order valence-corrected chi connectivity index (χ2v) is 5.30. The van der Waals surface area contributed by atoms with Gasteiger partial charge in [0.2, 0.25) is 0 Å². The lowest BCUT2D eigenvalue weighted by Crippen LogP contribution is -2.45. The summed E-state index contributed by atoms with van der Waals surface area (Å²) in [6, 6.07) is 3.97. The van der Waals surface area contributed by atoms with E-state index in [0.29, 0.717) is 12.4 Å². The molecule has 6 heteroatoms. The van der Waals surface area contributed by atoms with Gasteiger partial charge in [-0.2, -0.15) is 10.5 Å². The van der Waals surface area contributed by atoms with E-state index in [4.69, 9.17) is 10.5 Å². The lowest BCUT2D eigenvalue weighted by atomic mass is 9.77. The molecule has 2 atom stereocenters. The molecule has 0 spiro atoms. The Balaban J connectivity index is 2.11. The predicted molar refractivity (Wildman–Crippen MR) is 75.8 cm³/mol. The zero-order valence-electron chi connectivity index (χ0n) is 12.1. The molecule has 21 heavy (non-hydrogen) atoms. The van der Waals surface area contributed by atoms with E-state index in [0.717, 1.165) is 25.7 Å². The number of carbonyl (C=O) groups excluding carboxylic acids is 1. The molecule has 1 aromatic rings. The summed E-state index contributed by atoms with van der Waals surface area (Å²) in [7, 11) is 0. The Labute approximate surface area is 124 Å². The smallest absolute Gasteiger partial charge is 0.287 e. The summed E-state index contributed by atoms with van der Waals surface area (Å²) in [5.41, 5.74) is 0. The number of hydrogen-bond donors (Lipinski definition) is 1. The lowest BCUT2D eigenvalue weighted by molar-refractivity contribution is 0.0885. The van der Waals surface area contributed by atoms with Crippen LogP contribution in [0, 0.1) is 34.5 Å². The number of hydrogen-bond acceptors (Lipinski definition) is 4. The van der Waals surface area contributed by atoms with Gasteiger partial charge in [0.1, 0.15) is 5.92 Å². The van der Waals surface area contributed by atoms with Crippen molar-refractivity contribution in [1.82, 2.24) is 14.9 Å². The molecule has 1 unspecified atom stereocenters. The van der Waals surface area contributed by atoms with Gasteiger partial charge in [-0.3, -0.25) is 4.79 Å². The van der Waals surface area contributed by atoms with E-state index in [1.807, 2.05) is 19.1 Å². The fraction of sp³-hybridized carbons (Fsp3) is 0.600. The van der Waals surface area contributed by atoms with Crippen LogP contribution in [-0.2, 0) is 6.54 Å². The Bertz CT molecular complexity index is 566. The van der Waals surface area contributed by atoms with E-state index in [9.17, 15) is 4.79 Å². The van der Waals surface area contributed by atoms with Gasteiger partial charge >= 0.3 is 0 Å². The molecule has 0 radical (unpaired) electrons. The van der Waals surface area contributed by atoms with Crippen LogP contribution in [0.25, 0.3) is 0 Å². The highest BCUT2D eigenvalue weighted by Gasteiger charge is 2.33. The number of aromatic nitrogens is 2. The summed E-state index contributed by atoms with van der Waals surface area (Å²) < 4.78 is 1.78. The normalized spacial score (nSPS) is 21.5. The average Bonchev–Trinajstić information content (AvgIpc) is 2.98. The zero-order chi connectivity index (χ0) is 15.2. The molecule has 1 amide bonds. The molecule has 2 rings (SSSR count). The third kappa shape index (κ3) is 3.22. The van der Waals surface area contributed by atoms with Crippen molar-refractivity contribution in [3.8, 4) is 12.1 Å². The van der Waals surface area contributed by atoms with Crippen molar-refractivity contribution in [2.75, 3.05) is 0 Å². The first kappa shape index (κ1) is 15.1. The molecule has 1 aromatic heterocycles. The van der Waals surface area contributed by atoms with Crippen molar-refractivity contribution >= 4 is 5.91 Å². The van der Waals surface area contributed by atoms with Gasteiger partial charge in [-0.1, -0.05) is 12.8 Å². The summed E-state index contributed by atoms with van der Waals surface area (Å²) in [4.78, 5) is 16.4. The van der Waals surface area contributed by atoms with Crippen LogP contribution in [-0.4, -0.2) is 21.5 Å². The molecule has 0 saturated heterocycles. The minimum atomic E-state index is -0.665. The number of imidazole rings is 1. The van der Waals surface area contributed by atoms with Crippen molar-refractivity contribution in [3.63, 3.8) is 0 Å². The molecule has 6 nitrogen and oxygen atoms in total. The van der Waals surface area contributed by atoms with Gasteiger partial charge in [-0.25, -0.2) is 4.98 Å². The van der Waals surface area contributed by atoms with Crippen LogP contribution in [0.5, 0.6) is 0 Å². The highest BCUT2D eigenvalue weighted by atomic mass is 16.2. The van der Waals surface area contributed by atoms with Crippen molar-refractivity contribution < 1.29 is 4.79 Å². The van der Waals surface area contributed by atoms with Gasteiger partial charge in [0.05, 0.1) is 12.1 Å². The van der Waals surface area contributed by atoms with Crippen LogP contribution < -0.4 is 5.32 Å². The predicted octanol–water partition coefficient (Wildman–Crippen LogP) is 1.85. The van der Waals surface area contributed by atoms with Gasteiger partial charge in [0, 0.05) is 30.9 Å². The zero-order valence-corrected chi connectivity index (χ0v) is 12.1. The van der Waals surface area contributed by atoms with Crippen LogP contribution >= 0.6 is 0 Å². The second kappa shape index (κ2) is 6.90. The first-order valence-electron chi connectivity index (χ1n) is 7.32. The molecule has 1 fully saturated rings. The van der Waals surface area contributed by atoms with Gasteiger partial charge in [-0.15, -0.1) is 0 Å². The molecule has 0 bridgehead atoms. The van der Waals surface area contributed by atoms with E-state index in [1.165, 1.54) is 0 Å². The fourth-order valence-corrected chi connectivity index (χ4v) is 2.96. The topological polar surface area (TPSA) is 94.5 Å². The Morgan fingerprint density at radius 1 is 1.48 bits per heavy atom. The second-order valence-electron chi connectivity index (χ2n) is 5.30. The van der Waals surface area contributed by atoms with Crippen LogP contribution in [0.1, 0.15) is 43.2 Å². The van der Waals surface area contributed by atoms with Crippen LogP contribution in [0.3, 0.4) is 0 Å². The average molecular weight is 285 g/mol. The van der Waals surface area contributed by atoms with Crippen molar-refractivity contribution in [2.45, 2.75) is 45.2 Å². The summed E-state index contributed by atoms with van der Waals surface area (Å²) >= 11 is 0. The van der Waals surface area contributed by atoms with Gasteiger partial charge < -0.3 is 9.88 Å². The molecule has 0 aliphatic heterocycles. The summed E-state index contributed by atoms with van der Waals surface area (Å²) in [6.07, 6.45) is 6.99. The first-order valence-corrected chi connectivity index (χ1v) is 7.32. The van der Waals surface area contributed by atoms with E-state index in [-0.39, 0.29) is 17.9 Å². The molecular weight excluding hydrogens is 266 g/mol. The summed E-state index contributed by atoms with van der Waals surface area (Å²) in [5.74, 6) is -0.607. The highest BCUT2D eigenvalue weighted by molar-refractivity contribution is 5.91. The van der Waals surface area contributed by atoms with E-state index >= 15 is 0 Å². The number of carbonyl (C=O) groups is 1. The number of amides is 1. The number of nitrogens with zero attached hydrogens (tertiary/aromatic N) is 4. The molecule has 1 aliphatic carbocycles. The van der Waals surface area contributed by atoms with Crippen molar-refractivity contribution in [3.05, 3.63) is 18.2 Å². The minimum Gasteiger partial charge on any atom is -0.346 e. The minimum absolute atomic E-state index is 0.0947. The molecule has 1 heterocycles.